The lowest BCUT2D eigenvalue weighted by Gasteiger charge is -2.23. The van der Waals surface area contributed by atoms with Crippen LogP contribution in [0.5, 0.6) is 0 Å². The van der Waals surface area contributed by atoms with E-state index in [1.807, 2.05) is 6.92 Å². The summed E-state index contributed by atoms with van der Waals surface area (Å²) in [7, 11) is -3.82. The van der Waals surface area contributed by atoms with Gasteiger partial charge in [-0.25, -0.2) is 17.2 Å². The number of rotatable bonds is 10. The molecule has 1 amide bonds. The van der Waals surface area contributed by atoms with E-state index in [2.05, 4.69) is 12.2 Å². The molecule has 1 atom stereocenters. The first kappa shape index (κ1) is 21.3. The summed E-state index contributed by atoms with van der Waals surface area (Å²) in [5.74, 6) is -2.40. The van der Waals surface area contributed by atoms with Gasteiger partial charge in [0, 0.05) is 12.6 Å². The van der Waals surface area contributed by atoms with Crippen molar-refractivity contribution in [2.45, 2.75) is 39.5 Å². The van der Waals surface area contributed by atoms with Gasteiger partial charge in [-0.2, -0.15) is 0 Å². The molecule has 8 heteroatoms. The second-order valence-electron chi connectivity index (χ2n) is 6.09. The van der Waals surface area contributed by atoms with E-state index in [-0.39, 0.29) is 5.69 Å². The summed E-state index contributed by atoms with van der Waals surface area (Å²) in [6.45, 7) is 4.12. The smallest absolute Gasteiger partial charge is 0.240 e. The van der Waals surface area contributed by atoms with Crippen LogP contribution in [0.4, 0.5) is 14.5 Å². The molecule has 25 heavy (non-hydrogen) atoms. The van der Waals surface area contributed by atoms with Crippen LogP contribution >= 0.6 is 0 Å². The summed E-state index contributed by atoms with van der Waals surface area (Å²) in [6.07, 6.45) is 4.96. The topological polar surface area (TPSA) is 66.5 Å². The first-order valence-electron chi connectivity index (χ1n) is 8.38. The molecule has 0 saturated heterocycles. The fourth-order valence-corrected chi connectivity index (χ4v) is 3.28. The predicted octanol–water partition coefficient (Wildman–Crippen LogP) is 3.06. The number of sulfonamides is 1. The van der Waals surface area contributed by atoms with Gasteiger partial charge in [0.05, 0.1) is 11.9 Å². The molecule has 0 radical (unpaired) electrons. The van der Waals surface area contributed by atoms with Crippen LogP contribution in [0.1, 0.15) is 39.5 Å². The van der Waals surface area contributed by atoms with Crippen LogP contribution < -0.4 is 9.62 Å². The molecular weight excluding hydrogens is 350 g/mol. The van der Waals surface area contributed by atoms with Gasteiger partial charge in [0.2, 0.25) is 15.9 Å². The zero-order valence-electron chi connectivity index (χ0n) is 14.9. The van der Waals surface area contributed by atoms with Gasteiger partial charge in [0.15, 0.2) is 11.6 Å². The summed E-state index contributed by atoms with van der Waals surface area (Å²) in [5, 5.41) is 2.73. The molecular formula is C17H26F2N2O3S. The maximum atomic E-state index is 13.4. The number of nitrogens with one attached hydrogen (secondary N) is 1. The summed E-state index contributed by atoms with van der Waals surface area (Å²) in [6, 6.07) is 2.72. The lowest BCUT2D eigenvalue weighted by molar-refractivity contribution is -0.119. The van der Waals surface area contributed by atoms with Gasteiger partial charge in [0.1, 0.15) is 6.54 Å². The quantitative estimate of drug-likeness (QED) is 0.682. The number of nitrogens with zero attached hydrogens (tertiary/aromatic N) is 1. The molecule has 1 aromatic carbocycles. The van der Waals surface area contributed by atoms with Gasteiger partial charge in [-0.15, -0.1) is 0 Å². The average molecular weight is 376 g/mol. The molecule has 0 unspecified atom stereocenters. The van der Waals surface area contributed by atoms with Gasteiger partial charge < -0.3 is 5.32 Å². The highest BCUT2D eigenvalue weighted by molar-refractivity contribution is 7.92. The van der Waals surface area contributed by atoms with Crippen LogP contribution in [0.3, 0.4) is 0 Å². The predicted molar refractivity (Wildman–Crippen MR) is 94.9 cm³/mol. The van der Waals surface area contributed by atoms with Gasteiger partial charge >= 0.3 is 0 Å². The zero-order valence-corrected chi connectivity index (χ0v) is 15.7. The number of anilines is 1. The molecule has 0 fully saturated rings. The Morgan fingerprint density at radius 1 is 1.24 bits per heavy atom. The number of carbonyl (C=O) groups is 1. The van der Waals surface area contributed by atoms with Gasteiger partial charge in [0.25, 0.3) is 0 Å². The SMILES string of the molecule is CCCC[C@@H](CC)CNC(=O)CN(c1ccc(F)c(F)c1)S(C)(=O)=O. The van der Waals surface area contributed by atoms with Gasteiger partial charge in [-0.05, 0) is 24.5 Å². The van der Waals surface area contributed by atoms with E-state index in [9.17, 15) is 22.0 Å². The summed E-state index contributed by atoms with van der Waals surface area (Å²) in [4.78, 5) is 12.1. The number of hydrogen-bond acceptors (Lipinski definition) is 3. The minimum Gasteiger partial charge on any atom is -0.354 e. The number of halogens is 2. The van der Waals surface area contributed by atoms with E-state index >= 15 is 0 Å². The molecule has 0 aliphatic carbocycles. The average Bonchev–Trinajstić information content (AvgIpc) is 2.54. The third kappa shape index (κ3) is 6.97. The Labute approximate surface area is 148 Å². The van der Waals surface area contributed by atoms with Crippen LogP contribution in [0, 0.1) is 17.6 Å². The molecule has 1 aromatic rings. The highest BCUT2D eigenvalue weighted by Gasteiger charge is 2.22. The highest BCUT2D eigenvalue weighted by Crippen LogP contribution is 2.20. The number of unbranched alkanes of at least 4 members (excludes halogenated alkanes) is 1. The third-order valence-corrected chi connectivity index (χ3v) is 5.15. The minimum absolute atomic E-state index is 0.0884. The van der Waals surface area contributed by atoms with Crippen molar-refractivity contribution in [3.8, 4) is 0 Å². The number of carbonyl (C=O) groups excluding carboxylic acids is 1. The first-order chi connectivity index (χ1) is 11.7. The fraction of sp³-hybridized carbons (Fsp3) is 0.588. The first-order valence-corrected chi connectivity index (χ1v) is 10.2. The van der Waals surface area contributed by atoms with Crippen molar-refractivity contribution in [2.75, 3.05) is 23.7 Å². The molecule has 0 aliphatic heterocycles. The van der Waals surface area contributed by atoms with Crippen molar-refractivity contribution in [2.24, 2.45) is 5.92 Å². The third-order valence-electron chi connectivity index (χ3n) is 4.01. The van der Waals surface area contributed by atoms with Crippen LogP contribution in [0.2, 0.25) is 0 Å². The molecule has 0 aromatic heterocycles. The maximum Gasteiger partial charge on any atom is 0.240 e. The Morgan fingerprint density at radius 2 is 1.92 bits per heavy atom. The fourth-order valence-electron chi connectivity index (χ4n) is 2.43. The largest absolute Gasteiger partial charge is 0.354 e. The van der Waals surface area contributed by atoms with E-state index in [1.54, 1.807) is 0 Å². The number of benzene rings is 1. The van der Waals surface area contributed by atoms with E-state index in [1.165, 1.54) is 0 Å². The monoisotopic (exact) mass is 376 g/mol. The van der Waals surface area contributed by atoms with Crippen molar-refractivity contribution >= 4 is 21.6 Å². The Balaban J connectivity index is 2.79. The molecule has 0 saturated carbocycles. The Kier molecular flexibility index (Phi) is 8.28. The molecule has 0 heterocycles. The van der Waals surface area contributed by atoms with E-state index < -0.39 is 34.1 Å². The number of amides is 1. The zero-order chi connectivity index (χ0) is 19.0. The second-order valence-corrected chi connectivity index (χ2v) is 8.00. The van der Waals surface area contributed by atoms with Gasteiger partial charge in [-0.3, -0.25) is 9.10 Å². The van der Waals surface area contributed by atoms with Crippen molar-refractivity contribution in [1.82, 2.24) is 5.32 Å². The Bertz CT molecular complexity index is 680. The standard InChI is InChI=1S/C17H26F2N2O3S/c1-4-6-7-13(5-2)11-20-17(22)12-21(25(3,23)24)14-8-9-15(18)16(19)10-14/h8-10,13H,4-7,11-12H2,1-3H3,(H,20,22)/t13-/m1/s1. The molecule has 1 rings (SSSR count). The number of hydrogen-bond donors (Lipinski definition) is 1. The highest BCUT2D eigenvalue weighted by atomic mass is 32.2. The lowest BCUT2D eigenvalue weighted by Crippen LogP contribution is -2.41. The Morgan fingerprint density at radius 3 is 2.44 bits per heavy atom. The summed E-state index contributed by atoms with van der Waals surface area (Å²) >= 11 is 0. The van der Waals surface area contributed by atoms with Crippen LogP contribution in [-0.2, 0) is 14.8 Å². The van der Waals surface area contributed by atoms with Crippen molar-refractivity contribution in [3.63, 3.8) is 0 Å². The van der Waals surface area contributed by atoms with Crippen LogP contribution in [0.25, 0.3) is 0 Å². The molecule has 0 spiro atoms. The maximum absolute atomic E-state index is 13.4. The summed E-state index contributed by atoms with van der Waals surface area (Å²) < 4.78 is 51.1. The van der Waals surface area contributed by atoms with E-state index in [4.69, 9.17) is 0 Å². The molecule has 0 aliphatic rings. The molecule has 0 bridgehead atoms. The van der Waals surface area contributed by atoms with E-state index in [0.717, 1.165) is 54.4 Å². The minimum atomic E-state index is -3.82. The Hall–Kier alpha value is -1.70. The van der Waals surface area contributed by atoms with E-state index in [0.29, 0.717) is 12.5 Å². The molecule has 1 N–H and O–H groups in total. The molecule has 142 valence electrons. The van der Waals surface area contributed by atoms with Crippen molar-refractivity contribution in [3.05, 3.63) is 29.8 Å². The van der Waals surface area contributed by atoms with Gasteiger partial charge in [-0.1, -0.05) is 33.1 Å². The molecule has 5 nitrogen and oxygen atoms in total. The van der Waals surface area contributed by atoms with Crippen LogP contribution in [-0.4, -0.2) is 33.7 Å². The summed E-state index contributed by atoms with van der Waals surface area (Å²) in [5.41, 5.74) is -0.0884. The van der Waals surface area contributed by atoms with Crippen molar-refractivity contribution < 1.29 is 22.0 Å². The van der Waals surface area contributed by atoms with Crippen molar-refractivity contribution in [1.29, 1.82) is 0 Å². The second kappa shape index (κ2) is 9.70. The normalized spacial score (nSPS) is 12.7. The van der Waals surface area contributed by atoms with Crippen LogP contribution in [0.15, 0.2) is 18.2 Å². The lowest BCUT2D eigenvalue weighted by atomic mass is 9.99.